The van der Waals surface area contributed by atoms with Gasteiger partial charge in [-0.1, -0.05) is 0 Å². The Morgan fingerprint density at radius 1 is 1.22 bits per heavy atom. The fourth-order valence-electron chi connectivity index (χ4n) is 4.01. The molecule has 0 fully saturated rings. The molecule has 2 N–H and O–H groups in total. The van der Waals surface area contributed by atoms with E-state index in [-0.39, 0.29) is 11.6 Å². The molecule has 2 bridgehead atoms. The molecular weight excluding hydrogens is 421 g/mol. The van der Waals surface area contributed by atoms with Crippen LogP contribution in [0.2, 0.25) is 0 Å². The number of aromatic nitrogens is 5. The van der Waals surface area contributed by atoms with E-state index >= 15 is 0 Å². The van der Waals surface area contributed by atoms with E-state index in [2.05, 4.69) is 15.1 Å². The minimum atomic E-state index is -2.58. The molecule has 1 unspecified atom stereocenters. The maximum absolute atomic E-state index is 14.1. The Morgan fingerprint density at radius 3 is 2.88 bits per heavy atom. The minimum absolute atomic E-state index is 0.138. The maximum atomic E-state index is 14.1. The first-order valence-corrected chi connectivity index (χ1v) is 9.97. The number of fused-ring (bicyclic) bond motifs is 7. The van der Waals surface area contributed by atoms with Crippen LogP contribution in [0.25, 0.3) is 22.6 Å². The highest BCUT2D eigenvalue weighted by atomic mass is 19.3. The molecule has 0 amide bonds. The molecule has 7 nitrogen and oxygen atoms in total. The number of halogens is 3. The van der Waals surface area contributed by atoms with Crippen LogP contribution in [-0.4, -0.2) is 30.7 Å². The van der Waals surface area contributed by atoms with Crippen molar-refractivity contribution in [3.63, 3.8) is 0 Å². The van der Waals surface area contributed by atoms with Crippen LogP contribution in [-0.2, 0) is 13.1 Å². The second kappa shape index (κ2) is 7.70. The number of hydrogen-bond donors (Lipinski definition) is 1. The molecule has 0 spiro atoms. The number of benzene rings is 1. The van der Waals surface area contributed by atoms with Gasteiger partial charge in [0, 0.05) is 40.8 Å². The standard InChI is InChI=1S/C22H19F3N6O/c1-12-17-7-15(23)2-3-16(17)22-27-4-5-30(22)10-14-9-29-31(11-19(24)25)20(14)13-6-18(32-12)21(26)28-8-13/h2-9,12,19H,10-11H2,1H3,(H2,26,28). The lowest BCUT2D eigenvalue weighted by molar-refractivity contribution is 0.122. The second-order valence-electron chi connectivity index (χ2n) is 7.57. The van der Waals surface area contributed by atoms with E-state index in [1.807, 2.05) is 4.57 Å². The minimum Gasteiger partial charge on any atom is -0.482 e. The Morgan fingerprint density at radius 2 is 2.06 bits per heavy atom. The molecule has 1 aliphatic heterocycles. The molecule has 164 valence electrons. The predicted molar refractivity (Wildman–Crippen MR) is 112 cm³/mol. The van der Waals surface area contributed by atoms with Gasteiger partial charge in [-0.2, -0.15) is 5.10 Å². The van der Waals surface area contributed by atoms with Crippen molar-refractivity contribution in [3.8, 4) is 28.4 Å². The first-order valence-electron chi connectivity index (χ1n) is 9.97. The van der Waals surface area contributed by atoms with Crippen LogP contribution >= 0.6 is 0 Å². The molecule has 5 rings (SSSR count). The lowest BCUT2D eigenvalue weighted by atomic mass is 10.0. The van der Waals surface area contributed by atoms with Gasteiger partial charge in [-0.3, -0.25) is 4.68 Å². The summed E-state index contributed by atoms with van der Waals surface area (Å²) in [4.78, 5) is 8.67. The van der Waals surface area contributed by atoms with Gasteiger partial charge in [-0.05, 0) is 31.2 Å². The quantitative estimate of drug-likeness (QED) is 0.503. The lowest BCUT2D eigenvalue weighted by Gasteiger charge is -2.21. The summed E-state index contributed by atoms with van der Waals surface area (Å²) in [5, 5.41) is 4.19. The van der Waals surface area contributed by atoms with Crippen LogP contribution < -0.4 is 10.5 Å². The molecule has 3 aromatic heterocycles. The Kier molecular flexibility index (Phi) is 4.84. The monoisotopic (exact) mass is 440 g/mol. The van der Waals surface area contributed by atoms with Gasteiger partial charge in [0.15, 0.2) is 11.6 Å². The smallest absolute Gasteiger partial charge is 0.257 e. The molecule has 0 saturated carbocycles. The van der Waals surface area contributed by atoms with Crippen molar-refractivity contribution in [1.82, 2.24) is 24.3 Å². The molecule has 4 heterocycles. The average molecular weight is 440 g/mol. The van der Waals surface area contributed by atoms with Crippen molar-refractivity contribution >= 4 is 5.82 Å². The summed E-state index contributed by atoms with van der Waals surface area (Å²) in [6, 6.07) is 6.06. The molecule has 1 aliphatic rings. The van der Waals surface area contributed by atoms with Crippen molar-refractivity contribution < 1.29 is 17.9 Å². The molecule has 10 heteroatoms. The van der Waals surface area contributed by atoms with Crippen LogP contribution in [0.15, 0.2) is 49.1 Å². The van der Waals surface area contributed by atoms with Crippen molar-refractivity contribution in [2.45, 2.75) is 32.5 Å². The summed E-state index contributed by atoms with van der Waals surface area (Å²) in [5.41, 5.74) is 9.04. The Labute approximate surface area is 181 Å². The number of alkyl halides is 2. The first-order chi connectivity index (χ1) is 15.4. The number of ether oxygens (including phenoxy) is 1. The summed E-state index contributed by atoms with van der Waals surface area (Å²) < 4.78 is 49.8. The summed E-state index contributed by atoms with van der Waals surface area (Å²) in [6.07, 6.45) is 3.30. The van der Waals surface area contributed by atoms with Gasteiger partial charge < -0.3 is 15.0 Å². The van der Waals surface area contributed by atoms with Gasteiger partial charge in [-0.15, -0.1) is 0 Å². The summed E-state index contributed by atoms with van der Waals surface area (Å²) in [6.45, 7) is 1.53. The van der Waals surface area contributed by atoms with Gasteiger partial charge in [0.1, 0.15) is 24.3 Å². The van der Waals surface area contributed by atoms with Crippen molar-refractivity contribution in [2.75, 3.05) is 5.73 Å². The zero-order valence-electron chi connectivity index (χ0n) is 17.0. The number of rotatable bonds is 2. The average Bonchev–Trinajstić information content (AvgIpc) is 3.36. The van der Waals surface area contributed by atoms with Crippen molar-refractivity contribution in [2.24, 2.45) is 0 Å². The highest BCUT2D eigenvalue weighted by Crippen LogP contribution is 2.36. The number of nitrogens with zero attached hydrogens (tertiary/aromatic N) is 5. The number of nitrogens with two attached hydrogens (primary N) is 1. The Balaban J connectivity index is 1.76. The number of nitrogen functional groups attached to an aromatic ring is 1. The molecule has 1 atom stereocenters. The van der Waals surface area contributed by atoms with Crippen LogP contribution in [0.5, 0.6) is 5.75 Å². The maximum Gasteiger partial charge on any atom is 0.257 e. The van der Waals surface area contributed by atoms with Gasteiger partial charge in [0.2, 0.25) is 0 Å². The normalized spacial score (nSPS) is 15.2. The highest BCUT2D eigenvalue weighted by molar-refractivity contribution is 5.68. The van der Waals surface area contributed by atoms with Crippen molar-refractivity contribution in [3.05, 3.63) is 66.0 Å². The Hall–Kier alpha value is -3.82. The van der Waals surface area contributed by atoms with E-state index < -0.39 is 24.9 Å². The number of imidazole rings is 1. The number of hydrogen-bond acceptors (Lipinski definition) is 5. The largest absolute Gasteiger partial charge is 0.482 e. The van der Waals surface area contributed by atoms with Gasteiger partial charge in [-0.25, -0.2) is 23.1 Å². The number of pyridine rings is 1. The SMILES string of the molecule is CC1Oc2cc(cnc2N)-c2c(cnn2CC(F)F)Cn2ccnc2-c2ccc(F)cc21. The van der Waals surface area contributed by atoms with Crippen LogP contribution in [0, 0.1) is 5.82 Å². The molecule has 0 aliphatic carbocycles. The van der Waals surface area contributed by atoms with E-state index in [9.17, 15) is 13.2 Å². The van der Waals surface area contributed by atoms with Gasteiger partial charge >= 0.3 is 0 Å². The molecule has 4 aromatic rings. The zero-order chi connectivity index (χ0) is 22.4. The third kappa shape index (κ3) is 3.47. The first kappa shape index (κ1) is 20.1. The lowest BCUT2D eigenvalue weighted by Crippen LogP contribution is -2.13. The molecule has 1 aromatic carbocycles. The van der Waals surface area contributed by atoms with Crippen molar-refractivity contribution in [1.29, 1.82) is 0 Å². The predicted octanol–water partition coefficient (Wildman–Crippen LogP) is 4.30. The second-order valence-corrected chi connectivity index (χ2v) is 7.57. The van der Waals surface area contributed by atoms with Crippen LogP contribution in [0.1, 0.15) is 24.2 Å². The number of anilines is 1. The zero-order valence-corrected chi connectivity index (χ0v) is 17.0. The third-order valence-corrected chi connectivity index (χ3v) is 5.43. The Bertz CT molecular complexity index is 1300. The van der Waals surface area contributed by atoms with Crippen LogP contribution in [0.4, 0.5) is 19.0 Å². The van der Waals surface area contributed by atoms with E-state index in [1.54, 1.807) is 37.6 Å². The molecular formula is C22H19F3N6O. The fourth-order valence-corrected chi connectivity index (χ4v) is 4.01. The summed E-state index contributed by atoms with van der Waals surface area (Å²) in [5.74, 6) is 0.599. The van der Waals surface area contributed by atoms with E-state index in [0.29, 0.717) is 40.3 Å². The van der Waals surface area contributed by atoms with Crippen LogP contribution in [0.3, 0.4) is 0 Å². The van der Waals surface area contributed by atoms with E-state index in [4.69, 9.17) is 10.5 Å². The fraction of sp³-hybridized carbons (Fsp3) is 0.227. The molecule has 0 saturated heterocycles. The molecule has 32 heavy (non-hydrogen) atoms. The van der Waals surface area contributed by atoms with Gasteiger partial charge in [0.05, 0.1) is 18.4 Å². The van der Waals surface area contributed by atoms with E-state index in [0.717, 1.165) is 0 Å². The highest BCUT2D eigenvalue weighted by Gasteiger charge is 2.23. The van der Waals surface area contributed by atoms with Gasteiger partial charge in [0.25, 0.3) is 6.43 Å². The third-order valence-electron chi connectivity index (χ3n) is 5.43. The summed E-state index contributed by atoms with van der Waals surface area (Å²) in [7, 11) is 0. The topological polar surface area (TPSA) is 83.8 Å². The van der Waals surface area contributed by atoms with E-state index in [1.165, 1.54) is 23.0 Å². The summed E-state index contributed by atoms with van der Waals surface area (Å²) >= 11 is 0. The molecule has 0 radical (unpaired) electrons.